The van der Waals surface area contributed by atoms with Gasteiger partial charge in [0, 0.05) is 28.6 Å². The predicted octanol–water partition coefficient (Wildman–Crippen LogP) is 3.89. The molecule has 2 aromatic rings. The Morgan fingerprint density at radius 1 is 1.37 bits per heavy atom. The lowest BCUT2D eigenvalue weighted by Crippen LogP contribution is -2.37. The summed E-state index contributed by atoms with van der Waals surface area (Å²) >= 11 is 0. The summed E-state index contributed by atoms with van der Waals surface area (Å²) in [6.45, 7) is 12.9. The number of carbonyl (C=O) groups excluding carboxylic acids is 1. The van der Waals surface area contributed by atoms with E-state index in [2.05, 4.69) is 62.0 Å². The molecule has 6 nitrogen and oxygen atoms in total. The Morgan fingerprint density at radius 3 is 2.78 bits per heavy atom. The Morgan fingerprint density at radius 2 is 2.11 bits per heavy atom. The van der Waals surface area contributed by atoms with E-state index in [1.807, 2.05) is 12.3 Å². The highest BCUT2D eigenvalue weighted by Crippen LogP contribution is 2.40. The van der Waals surface area contributed by atoms with Crippen molar-refractivity contribution in [3.63, 3.8) is 0 Å². The number of amides is 1. The zero-order chi connectivity index (χ0) is 19.8. The Bertz CT molecular complexity index is 831. The molecule has 1 unspecified atom stereocenters. The Kier molecular flexibility index (Phi) is 5.10. The lowest BCUT2D eigenvalue weighted by atomic mass is 9.74. The zero-order valence-corrected chi connectivity index (χ0v) is 17.3. The number of aromatic nitrogens is 4. The highest BCUT2D eigenvalue weighted by molar-refractivity contribution is 5.92. The molecule has 3 rings (SSSR count). The van der Waals surface area contributed by atoms with Gasteiger partial charge in [0.15, 0.2) is 0 Å². The Balaban J connectivity index is 1.86. The van der Waals surface area contributed by atoms with E-state index in [9.17, 15) is 4.79 Å². The Hall–Kier alpha value is -2.24. The lowest BCUT2D eigenvalue weighted by Gasteiger charge is -2.37. The molecule has 1 aliphatic carbocycles. The molecule has 1 atom stereocenters. The molecule has 0 saturated carbocycles. The van der Waals surface area contributed by atoms with Gasteiger partial charge in [0.05, 0.1) is 6.04 Å². The summed E-state index contributed by atoms with van der Waals surface area (Å²) in [4.78, 5) is 22.2. The smallest absolute Gasteiger partial charge is 0.272 e. The highest BCUT2D eigenvalue weighted by atomic mass is 16.2. The molecule has 0 bridgehead atoms. The molecule has 1 amide bonds. The van der Waals surface area contributed by atoms with E-state index in [0.29, 0.717) is 5.69 Å². The maximum absolute atomic E-state index is 12.7. The molecule has 27 heavy (non-hydrogen) atoms. The number of nitrogens with one attached hydrogen (secondary N) is 2. The molecular weight excluding hydrogens is 338 g/mol. The van der Waals surface area contributed by atoms with Gasteiger partial charge in [0.25, 0.3) is 5.91 Å². The van der Waals surface area contributed by atoms with E-state index in [1.54, 1.807) is 0 Å². The number of aryl methyl sites for hydroxylation is 1. The first-order chi connectivity index (χ1) is 12.6. The quantitative estimate of drug-likeness (QED) is 0.856. The largest absolute Gasteiger partial charge is 0.344 e. The molecule has 0 aliphatic heterocycles. The SMILES string of the molecule is CCCc1cc(C(=O)NC2CC(C)(C)Cc3nc(C(C)(C)C)ncc32)n[nH]1. The molecule has 6 heteroatoms. The van der Waals surface area contributed by atoms with E-state index in [-0.39, 0.29) is 22.8 Å². The molecule has 1 aliphatic rings. The number of hydrogen-bond acceptors (Lipinski definition) is 4. The van der Waals surface area contributed by atoms with Crippen LogP contribution in [0, 0.1) is 5.41 Å². The first-order valence-electron chi connectivity index (χ1n) is 9.80. The van der Waals surface area contributed by atoms with Gasteiger partial charge in [0.2, 0.25) is 0 Å². The Labute approximate surface area is 161 Å². The predicted molar refractivity (Wildman–Crippen MR) is 106 cm³/mol. The fourth-order valence-corrected chi connectivity index (χ4v) is 3.64. The normalized spacial score (nSPS) is 18.8. The van der Waals surface area contributed by atoms with Crippen LogP contribution in [0.15, 0.2) is 12.3 Å². The molecule has 2 aromatic heterocycles. The average molecular weight is 370 g/mol. The number of carbonyl (C=O) groups is 1. The van der Waals surface area contributed by atoms with Gasteiger partial charge in [0.1, 0.15) is 11.5 Å². The molecule has 2 heterocycles. The molecule has 146 valence electrons. The summed E-state index contributed by atoms with van der Waals surface area (Å²) in [6, 6.07) is 1.74. The second-order valence-corrected chi connectivity index (χ2v) is 9.45. The van der Waals surface area contributed by atoms with Crippen molar-refractivity contribution in [2.75, 3.05) is 0 Å². The fourth-order valence-electron chi connectivity index (χ4n) is 3.64. The number of hydrogen-bond donors (Lipinski definition) is 2. The minimum Gasteiger partial charge on any atom is -0.344 e. The van der Waals surface area contributed by atoms with Crippen LogP contribution in [0.1, 0.15) is 93.7 Å². The second-order valence-electron chi connectivity index (χ2n) is 9.45. The van der Waals surface area contributed by atoms with Crippen LogP contribution in [0.5, 0.6) is 0 Å². The summed E-state index contributed by atoms with van der Waals surface area (Å²) < 4.78 is 0. The summed E-state index contributed by atoms with van der Waals surface area (Å²) in [6.07, 6.45) is 5.56. The third kappa shape index (κ3) is 4.37. The van der Waals surface area contributed by atoms with Crippen LogP contribution in [0.25, 0.3) is 0 Å². The van der Waals surface area contributed by atoms with Crippen LogP contribution in [0.2, 0.25) is 0 Å². The monoisotopic (exact) mass is 369 g/mol. The molecule has 0 spiro atoms. The first-order valence-corrected chi connectivity index (χ1v) is 9.80. The third-order valence-corrected chi connectivity index (χ3v) is 5.04. The first kappa shape index (κ1) is 19.5. The molecule has 0 saturated heterocycles. The lowest BCUT2D eigenvalue weighted by molar-refractivity contribution is 0.0913. The molecule has 0 aromatic carbocycles. The van der Waals surface area contributed by atoms with E-state index >= 15 is 0 Å². The van der Waals surface area contributed by atoms with Crippen molar-refractivity contribution in [3.8, 4) is 0 Å². The number of H-pyrrole nitrogens is 1. The summed E-state index contributed by atoms with van der Waals surface area (Å²) in [7, 11) is 0. The second kappa shape index (κ2) is 7.06. The van der Waals surface area contributed by atoms with Crippen LogP contribution in [-0.2, 0) is 18.3 Å². The third-order valence-electron chi connectivity index (χ3n) is 5.04. The van der Waals surface area contributed by atoms with Crippen molar-refractivity contribution in [1.29, 1.82) is 0 Å². The van der Waals surface area contributed by atoms with Crippen molar-refractivity contribution >= 4 is 5.91 Å². The van der Waals surface area contributed by atoms with Crippen LogP contribution in [-0.4, -0.2) is 26.1 Å². The maximum atomic E-state index is 12.7. The van der Waals surface area contributed by atoms with Crippen LogP contribution in [0.4, 0.5) is 0 Å². The van der Waals surface area contributed by atoms with Gasteiger partial charge in [-0.1, -0.05) is 48.0 Å². The number of nitrogens with zero attached hydrogens (tertiary/aromatic N) is 3. The van der Waals surface area contributed by atoms with Crippen molar-refractivity contribution in [2.45, 2.75) is 78.7 Å². The van der Waals surface area contributed by atoms with Crippen molar-refractivity contribution in [3.05, 3.63) is 40.7 Å². The minimum absolute atomic E-state index is 0.0629. The average Bonchev–Trinajstić information content (AvgIpc) is 3.01. The molecule has 0 radical (unpaired) electrons. The number of fused-ring (bicyclic) bond motifs is 1. The fraction of sp³-hybridized carbons (Fsp3) is 0.619. The van der Waals surface area contributed by atoms with Crippen molar-refractivity contribution < 1.29 is 4.79 Å². The summed E-state index contributed by atoms with van der Waals surface area (Å²) in [5.74, 6) is 0.697. The number of rotatable bonds is 4. The zero-order valence-electron chi connectivity index (χ0n) is 17.3. The van der Waals surface area contributed by atoms with E-state index in [0.717, 1.165) is 48.5 Å². The molecule has 2 N–H and O–H groups in total. The van der Waals surface area contributed by atoms with Crippen molar-refractivity contribution in [1.82, 2.24) is 25.5 Å². The van der Waals surface area contributed by atoms with Gasteiger partial charge in [-0.2, -0.15) is 5.10 Å². The molecular formula is C21H31N5O. The van der Waals surface area contributed by atoms with Crippen LogP contribution in [0.3, 0.4) is 0 Å². The highest BCUT2D eigenvalue weighted by Gasteiger charge is 2.35. The van der Waals surface area contributed by atoms with E-state index in [1.165, 1.54) is 0 Å². The van der Waals surface area contributed by atoms with Crippen LogP contribution >= 0.6 is 0 Å². The number of aromatic amines is 1. The van der Waals surface area contributed by atoms with Crippen molar-refractivity contribution in [2.24, 2.45) is 5.41 Å². The van der Waals surface area contributed by atoms with Gasteiger partial charge in [-0.3, -0.25) is 9.89 Å². The minimum atomic E-state index is -0.151. The summed E-state index contributed by atoms with van der Waals surface area (Å²) in [5, 5.41) is 10.3. The standard InChI is InChI=1S/C21H31N5O/c1-7-8-13-9-15(26-25-13)18(27)23-16-10-21(5,6)11-17-14(16)12-22-19(24-17)20(2,3)4/h9,12,16H,7-8,10-11H2,1-6H3,(H,23,27)(H,25,26). The van der Waals surface area contributed by atoms with Gasteiger partial charge in [-0.15, -0.1) is 0 Å². The maximum Gasteiger partial charge on any atom is 0.272 e. The van der Waals surface area contributed by atoms with Gasteiger partial charge >= 0.3 is 0 Å². The van der Waals surface area contributed by atoms with Gasteiger partial charge in [-0.05, 0) is 30.7 Å². The van der Waals surface area contributed by atoms with Crippen LogP contribution < -0.4 is 5.32 Å². The van der Waals surface area contributed by atoms with Gasteiger partial charge in [-0.25, -0.2) is 9.97 Å². The molecule has 0 fully saturated rings. The summed E-state index contributed by atoms with van der Waals surface area (Å²) in [5.41, 5.74) is 3.47. The topological polar surface area (TPSA) is 83.6 Å². The van der Waals surface area contributed by atoms with E-state index < -0.39 is 0 Å². The van der Waals surface area contributed by atoms with Gasteiger partial charge < -0.3 is 5.32 Å². The van der Waals surface area contributed by atoms with E-state index in [4.69, 9.17) is 4.98 Å².